The maximum absolute atomic E-state index is 12.0. The third-order valence-electron chi connectivity index (χ3n) is 3.26. The van der Waals surface area contributed by atoms with Crippen LogP contribution in [0.15, 0.2) is 36.7 Å². The summed E-state index contributed by atoms with van der Waals surface area (Å²) in [6, 6.07) is 7.64. The van der Waals surface area contributed by atoms with E-state index in [0.29, 0.717) is 29.1 Å². The van der Waals surface area contributed by atoms with Gasteiger partial charge in [0.1, 0.15) is 11.5 Å². The monoisotopic (exact) mass is 318 g/mol. The van der Waals surface area contributed by atoms with Gasteiger partial charge in [0.05, 0.1) is 12.4 Å². The fourth-order valence-electron chi connectivity index (χ4n) is 1.75. The van der Waals surface area contributed by atoms with Crippen LogP contribution in [-0.4, -0.2) is 21.9 Å². The third-order valence-corrected chi connectivity index (χ3v) is 3.51. The van der Waals surface area contributed by atoms with E-state index in [9.17, 15) is 4.79 Å². The van der Waals surface area contributed by atoms with Crippen molar-refractivity contribution in [2.45, 2.75) is 32.9 Å². The van der Waals surface area contributed by atoms with Crippen molar-refractivity contribution in [1.82, 2.24) is 15.3 Å². The van der Waals surface area contributed by atoms with E-state index in [0.717, 1.165) is 12.0 Å². The van der Waals surface area contributed by atoms with Gasteiger partial charge in [-0.15, -0.1) is 0 Å². The number of hydrogen-bond acceptors (Lipinski definition) is 4. The Morgan fingerprint density at radius 3 is 2.55 bits per heavy atom. The van der Waals surface area contributed by atoms with E-state index in [1.54, 1.807) is 18.3 Å². The van der Waals surface area contributed by atoms with Crippen molar-refractivity contribution in [3.63, 3.8) is 0 Å². The van der Waals surface area contributed by atoms with Crippen molar-refractivity contribution < 1.29 is 4.79 Å². The Morgan fingerprint density at radius 1 is 1.23 bits per heavy atom. The fraction of sp³-hybridized carbons (Fsp3) is 0.312. The van der Waals surface area contributed by atoms with Gasteiger partial charge in [-0.2, -0.15) is 0 Å². The van der Waals surface area contributed by atoms with Gasteiger partial charge < -0.3 is 10.6 Å². The summed E-state index contributed by atoms with van der Waals surface area (Å²) < 4.78 is 0. The SMILES string of the molecule is CCC(C)Nc1cnc(C(=O)NCc2ccc(Cl)cc2)cn1. The van der Waals surface area contributed by atoms with Gasteiger partial charge in [0.15, 0.2) is 0 Å². The third kappa shape index (κ3) is 4.70. The average Bonchev–Trinajstić information content (AvgIpc) is 2.54. The Bertz CT molecular complexity index is 613. The first-order valence-corrected chi connectivity index (χ1v) is 7.57. The van der Waals surface area contributed by atoms with Gasteiger partial charge in [0.2, 0.25) is 0 Å². The van der Waals surface area contributed by atoms with Crippen LogP contribution >= 0.6 is 11.6 Å². The van der Waals surface area contributed by atoms with Crippen molar-refractivity contribution in [3.8, 4) is 0 Å². The molecule has 2 aromatic rings. The Kier molecular flexibility index (Phi) is 5.72. The molecule has 0 saturated carbocycles. The van der Waals surface area contributed by atoms with E-state index < -0.39 is 0 Å². The minimum absolute atomic E-state index is 0.252. The molecule has 22 heavy (non-hydrogen) atoms. The largest absolute Gasteiger partial charge is 0.366 e. The molecule has 2 rings (SSSR count). The second-order valence-electron chi connectivity index (χ2n) is 5.05. The van der Waals surface area contributed by atoms with Crippen LogP contribution in [0.5, 0.6) is 0 Å². The van der Waals surface area contributed by atoms with Crippen LogP contribution in [0.4, 0.5) is 5.82 Å². The number of halogens is 1. The van der Waals surface area contributed by atoms with Gasteiger partial charge in [-0.3, -0.25) is 4.79 Å². The summed E-state index contributed by atoms with van der Waals surface area (Å²) in [6.07, 6.45) is 4.04. The quantitative estimate of drug-likeness (QED) is 0.858. The highest BCUT2D eigenvalue weighted by Gasteiger charge is 2.08. The lowest BCUT2D eigenvalue weighted by Gasteiger charge is -2.11. The molecule has 0 bridgehead atoms. The molecule has 0 aliphatic heterocycles. The zero-order valence-corrected chi connectivity index (χ0v) is 13.4. The molecule has 1 unspecified atom stereocenters. The molecule has 116 valence electrons. The molecule has 0 aliphatic rings. The van der Waals surface area contributed by atoms with Crippen LogP contribution in [0.1, 0.15) is 36.3 Å². The molecular weight excluding hydrogens is 300 g/mol. The summed E-state index contributed by atoms with van der Waals surface area (Å²) in [6.45, 7) is 4.57. The highest BCUT2D eigenvalue weighted by Crippen LogP contribution is 2.09. The first kappa shape index (κ1) is 16.2. The van der Waals surface area contributed by atoms with E-state index in [1.807, 2.05) is 12.1 Å². The molecule has 6 heteroatoms. The summed E-state index contributed by atoms with van der Waals surface area (Å²) in [5.41, 5.74) is 1.27. The molecule has 1 atom stereocenters. The van der Waals surface area contributed by atoms with Gasteiger partial charge in [-0.25, -0.2) is 9.97 Å². The topological polar surface area (TPSA) is 66.9 Å². The standard InChI is InChI=1S/C16H19ClN4O/c1-3-11(2)21-15-10-18-14(9-19-15)16(22)20-8-12-4-6-13(17)7-5-12/h4-7,9-11H,3,8H2,1-2H3,(H,19,21)(H,20,22). The zero-order chi connectivity index (χ0) is 15.9. The van der Waals surface area contributed by atoms with Crippen LogP contribution in [0.3, 0.4) is 0 Å². The van der Waals surface area contributed by atoms with E-state index in [1.165, 1.54) is 6.20 Å². The van der Waals surface area contributed by atoms with E-state index in [-0.39, 0.29) is 5.91 Å². The van der Waals surface area contributed by atoms with E-state index >= 15 is 0 Å². The molecule has 0 radical (unpaired) electrons. The number of hydrogen-bond donors (Lipinski definition) is 2. The number of nitrogens with zero attached hydrogens (tertiary/aromatic N) is 2. The lowest BCUT2D eigenvalue weighted by molar-refractivity contribution is 0.0945. The maximum Gasteiger partial charge on any atom is 0.271 e. The molecule has 1 aromatic heterocycles. The minimum Gasteiger partial charge on any atom is -0.366 e. The summed E-state index contributed by atoms with van der Waals surface area (Å²) in [5.74, 6) is 0.418. The summed E-state index contributed by atoms with van der Waals surface area (Å²) in [5, 5.41) is 6.68. The molecule has 2 N–H and O–H groups in total. The van der Waals surface area contributed by atoms with E-state index in [2.05, 4.69) is 34.4 Å². The number of rotatable bonds is 6. The smallest absolute Gasteiger partial charge is 0.271 e. The van der Waals surface area contributed by atoms with Gasteiger partial charge >= 0.3 is 0 Å². The molecule has 1 heterocycles. The molecule has 1 amide bonds. The summed E-state index contributed by atoms with van der Waals surface area (Å²) in [4.78, 5) is 20.4. The predicted molar refractivity (Wildman–Crippen MR) is 88.0 cm³/mol. The number of carbonyl (C=O) groups excluding carboxylic acids is 1. The Balaban J connectivity index is 1.90. The van der Waals surface area contributed by atoms with Crippen LogP contribution in [0, 0.1) is 0 Å². The Labute approximate surface area is 135 Å². The van der Waals surface area contributed by atoms with Gasteiger partial charge in [-0.05, 0) is 31.0 Å². The van der Waals surface area contributed by atoms with Crippen LogP contribution in [0.2, 0.25) is 5.02 Å². The van der Waals surface area contributed by atoms with E-state index in [4.69, 9.17) is 11.6 Å². The molecule has 0 saturated heterocycles. The Morgan fingerprint density at radius 2 is 1.95 bits per heavy atom. The zero-order valence-electron chi connectivity index (χ0n) is 12.6. The molecule has 1 aromatic carbocycles. The highest BCUT2D eigenvalue weighted by atomic mass is 35.5. The van der Waals surface area contributed by atoms with Crippen molar-refractivity contribution in [3.05, 3.63) is 52.9 Å². The number of benzene rings is 1. The second kappa shape index (κ2) is 7.75. The summed E-state index contributed by atoms with van der Waals surface area (Å²) >= 11 is 5.82. The summed E-state index contributed by atoms with van der Waals surface area (Å²) in [7, 11) is 0. The number of anilines is 1. The molecule has 0 fully saturated rings. The molecule has 0 spiro atoms. The highest BCUT2D eigenvalue weighted by molar-refractivity contribution is 6.30. The normalized spacial score (nSPS) is 11.8. The lowest BCUT2D eigenvalue weighted by atomic mass is 10.2. The van der Waals surface area contributed by atoms with Crippen molar-refractivity contribution >= 4 is 23.3 Å². The number of aromatic nitrogens is 2. The van der Waals surface area contributed by atoms with Gasteiger partial charge in [-0.1, -0.05) is 30.7 Å². The fourth-order valence-corrected chi connectivity index (χ4v) is 1.88. The Hall–Kier alpha value is -2.14. The lowest BCUT2D eigenvalue weighted by Crippen LogP contribution is -2.24. The molecule has 0 aliphatic carbocycles. The predicted octanol–water partition coefficient (Wildman–Crippen LogP) is 3.27. The van der Waals surface area contributed by atoms with Crippen LogP contribution in [0.25, 0.3) is 0 Å². The van der Waals surface area contributed by atoms with Crippen molar-refractivity contribution in [2.75, 3.05) is 5.32 Å². The number of carbonyl (C=O) groups is 1. The minimum atomic E-state index is -0.252. The van der Waals surface area contributed by atoms with Gasteiger partial charge in [0.25, 0.3) is 5.91 Å². The van der Waals surface area contributed by atoms with Gasteiger partial charge in [0, 0.05) is 17.6 Å². The maximum atomic E-state index is 12.0. The first-order chi connectivity index (χ1) is 10.6. The second-order valence-corrected chi connectivity index (χ2v) is 5.49. The number of amides is 1. The van der Waals surface area contributed by atoms with Crippen molar-refractivity contribution in [2.24, 2.45) is 0 Å². The van der Waals surface area contributed by atoms with Crippen LogP contribution < -0.4 is 10.6 Å². The number of nitrogens with one attached hydrogen (secondary N) is 2. The van der Waals surface area contributed by atoms with Crippen molar-refractivity contribution in [1.29, 1.82) is 0 Å². The molecule has 5 nitrogen and oxygen atoms in total. The van der Waals surface area contributed by atoms with Crippen LogP contribution in [-0.2, 0) is 6.54 Å². The first-order valence-electron chi connectivity index (χ1n) is 7.19. The average molecular weight is 319 g/mol. The molecular formula is C16H19ClN4O.